The molecule has 2 saturated heterocycles. The van der Waals surface area contributed by atoms with Crippen molar-refractivity contribution in [3.05, 3.63) is 35.3 Å². The SMILES string of the molecule is NC(=O)c1ccsc1NC(=O)CN1CCN(c2ccc(S(=O)(=O)N3CCOCC3)cn2)CC1. The van der Waals surface area contributed by atoms with Gasteiger partial charge in [-0.1, -0.05) is 0 Å². The number of carbonyl (C=O) groups is 2. The summed E-state index contributed by atoms with van der Waals surface area (Å²) in [7, 11) is -3.57. The highest BCUT2D eigenvalue weighted by atomic mass is 32.2. The minimum absolute atomic E-state index is 0.173. The highest BCUT2D eigenvalue weighted by Crippen LogP contribution is 2.23. The van der Waals surface area contributed by atoms with Crippen molar-refractivity contribution >= 4 is 44.0 Å². The lowest BCUT2D eigenvalue weighted by molar-refractivity contribution is -0.117. The number of aromatic nitrogens is 1. The molecule has 4 rings (SSSR count). The lowest BCUT2D eigenvalue weighted by Gasteiger charge is -2.35. The van der Waals surface area contributed by atoms with Gasteiger partial charge < -0.3 is 20.7 Å². The van der Waals surface area contributed by atoms with Crippen LogP contribution in [0, 0.1) is 0 Å². The number of nitrogens with two attached hydrogens (primary N) is 1. The smallest absolute Gasteiger partial charge is 0.251 e. The molecule has 4 heterocycles. The first-order chi connectivity index (χ1) is 15.8. The molecule has 0 spiro atoms. The number of morpholine rings is 1. The molecule has 0 bridgehead atoms. The third-order valence-corrected chi connectivity index (χ3v) is 8.29. The van der Waals surface area contributed by atoms with Gasteiger partial charge in [-0.2, -0.15) is 4.31 Å². The normalized spacial score (nSPS) is 18.2. The van der Waals surface area contributed by atoms with Gasteiger partial charge in [0.05, 0.1) is 25.3 Å². The number of ether oxygens (including phenoxy) is 1. The number of carbonyl (C=O) groups excluding carboxylic acids is 2. The Hall–Kier alpha value is -2.58. The first kappa shape index (κ1) is 23.6. The van der Waals surface area contributed by atoms with Crippen LogP contribution < -0.4 is 16.0 Å². The Balaban J connectivity index is 1.29. The van der Waals surface area contributed by atoms with Crippen LogP contribution in [-0.2, 0) is 19.6 Å². The second-order valence-corrected chi connectivity index (χ2v) is 10.6. The number of piperazine rings is 1. The molecule has 2 aromatic rings. The van der Waals surface area contributed by atoms with E-state index in [-0.39, 0.29) is 17.3 Å². The van der Waals surface area contributed by atoms with Crippen LogP contribution in [0.5, 0.6) is 0 Å². The number of nitrogens with one attached hydrogen (secondary N) is 1. The van der Waals surface area contributed by atoms with Gasteiger partial charge in [-0.15, -0.1) is 11.3 Å². The lowest BCUT2D eigenvalue weighted by Crippen LogP contribution is -2.49. The Kier molecular flexibility index (Phi) is 7.24. The van der Waals surface area contributed by atoms with Crippen LogP contribution in [0.3, 0.4) is 0 Å². The summed E-state index contributed by atoms with van der Waals surface area (Å²) >= 11 is 1.26. The van der Waals surface area contributed by atoms with E-state index < -0.39 is 15.9 Å². The molecule has 2 aliphatic heterocycles. The number of hydrogen-bond acceptors (Lipinski definition) is 9. The lowest BCUT2D eigenvalue weighted by atomic mass is 10.3. The molecule has 0 unspecified atom stereocenters. The van der Waals surface area contributed by atoms with E-state index in [1.165, 1.54) is 21.8 Å². The van der Waals surface area contributed by atoms with Crippen molar-refractivity contribution in [2.45, 2.75) is 4.90 Å². The van der Waals surface area contributed by atoms with Crippen molar-refractivity contribution in [3.63, 3.8) is 0 Å². The summed E-state index contributed by atoms with van der Waals surface area (Å²) in [6.07, 6.45) is 1.40. The monoisotopic (exact) mass is 494 g/mol. The number of sulfonamides is 1. The summed E-state index contributed by atoms with van der Waals surface area (Å²) in [6.45, 7) is 4.29. The Morgan fingerprint density at radius 1 is 1.09 bits per heavy atom. The van der Waals surface area contributed by atoms with Crippen molar-refractivity contribution < 1.29 is 22.7 Å². The van der Waals surface area contributed by atoms with E-state index >= 15 is 0 Å². The Labute approximate surface area is 196 Å². The van der Waals surface area contributed by atoms with Gasteiger partial charge in [0.1, 0.15) is 15.7 Å². The maximum atomic E-state index is 12.7. The first-order valence-corrected chi connectivity index (χ1v) is 12.8. The van der Waals surface area contributed by atoms with Gasteiger partial charge in [-0.05, 0) is 23.6 Å². The van der Waals surface area contributed by atoms with Gasteiger partial charge in [-0.3, -0.25) is 14.5 Å². The zero-order valence-electron chi connectivity index (χ0n) is 18.0. The van der Waals surface area contributed by atoms with Crippen molar-refractivity contribution in [2.24, 2.45) is 5.73 Å². The van der Waals surface area contributed by atoms with Gasteiger partial charge in [0.25, 0.3) is 5.91 Å². The largest absolute Gasteiger partial charge is 0.379 e. The standard InChI is InChI=1S/C20H26N6O5S2/c21-19(28)16-3-12-32-20(16)23-18(27)14-24-4-6-25(7-5-24)17-2-1-15(13-22-17)33(29,30)26-8-10-31-11-9-26/h1-3,12-13H,4-11,14H2,(H2,21,28)(H,23,27). The Morgan fingerprint density at radius 2 is 1.82 bits per heavy atom. The minimum Gasteiger partial charge on any atom is -0.379 e. The molecule has 2 aromatic heterocycles. The molecule has 2 aliphatic rings. The summed E-state index contributed by atoms with van der Waals surface area (Å²) in [5.74, 6) is -0.0784. The molecule has 178 valence electrons. The third kappa shape index (κ3) is 5.50. The number of thiophene rings is 1. The number of rotatable bonds is 7. The molecule has 0 radical (unpaired) electrons. The minimum atomic E-state index is -3.57. The fraction of sp³-hybridized carbons (Fsp3) is 0.450. The molecule has 0 aromatic carbocycles. The van der Waals surface area contributed by atoms with Crippen molar-refractivity contribution in [1.29, 1.82) is 0 Å². The van der Waals surface area contributed by atoms with Crippen LogP contribution in [-0.4, -0.2) is 93.4 Å². The van der Waals surface area contributed by atoms with E-state index in [2.05, 4.69) is 15.2 Å². The molecule has 33 heavy (non-hydrogen) atoms. The average molecular weight is 495 g/mol. The quantitative estimate of drug-likeness (QED) is 0.550. The molecule has 3 N–H and O–H groups in total. The summed E-state index contributed by atoms with van der Waals surface area (Å²) in [5.41, 5.74) is 5.62. The molecule has 0 saturated carbocycles. The van der Waals surface area contributed by atoms with Crippen LogP contribution in [0.1, 0.15) is 10.4 Å². The van der Waals surface area contributed by atoms with Gasteiger partial charge >= 0.3 is 0 Å². The highest BCUT2D eigenvalue weighted by molar-refractivity contribution is 7.89. The van der Waals surface area contributed by atoms with E-state index in [4.69, 9.17) is 10.5 Å². The van der Waals surface area contributed by atoms with Gasteiger partial charge in [0.2, 0.25) is 15.9 Å². The number of hydrogen-bond donors (Lipinski definition) is 2. The second-order valence-electron chi connectivity index (χ2n) is 7.71. The van der Waals surface area contributed by atoms with E-state index in [1.54, 1.807) is 23.6 Å². The highest BCUT2D eigenvalue weighted by Gasteiger charge is 2.27. The van der Waals surface area contributed by atoms with E-state index in [0.717, 1.165) is 0 Å². The van der Waals surface area contributed by atoms with Gasteiger partial charge in [0, 0.05) is 45.5 Å². The molecule has 0 atom stereocenters. The molecule has 2 amide bonds. The Bertz CT molecular complexity index is 1090. The molecule has 11 nitrogen and oxygen atoms in total. The summed E-state index contributed by atoms with van der Waals surface area (Å²) in [5, 5.41) is 4.92. The second kappa shape index (κ2) is 10.1. The van der Waals surface area contributed by atoms with Gasteiger partial charge in [-0.25, -0.2) is 13.4 Å². The fourth-order valence-electron chi connectivity index (χ4n) is 3.75. The van der Waals surface area contributed by atoms with E-state index in [1.807, 2.05) is 4.90 Å². The van der Waals surface area contributed by atoms with Crippen molar-refractivity contribution in [2.75, 3.05) is 69.2 Å². The number of anilines is 2. The van der Waals surface area contributed by atoms with Crippen LogP contribution >= 0.6 is 11.3 Å². The van der Waals surface area contributed by atoms with Crippen LogP contribution in [0.2, 0.25) is 0 Å². The summed E-state index contributed by atoms with van der Waals surface area (Å²) < 4.78 is 32.1. The topological polar surface area (TPSA) is 138 Å². The molecule has 0 aliphatic carbocycles. The maximum absolute atomic E-state index is 12.7. The predicted molar refractivity (Wildman–Crippen MR) is 124 cm³/mol. The van der Waals surface area contributed by atoms with Crippen molar-refractivity contribution in [1.82, 2.24) is 14.2 Å². The first-order valence-electron chi connectivity index (χ1n) is 10.5. The van der Waals surface area contributed by atoms with Crippen molar-refractivity contribution in [3.8, 4) is 0 Å². The molecule has 2 fully saturated rings. The van der Waals surface area contributed by atoms with E-state index in [0.29, 0.717) is 68.9 Å². The maximum Gasteiger partial charge on any atom is 0.251 e. The fourth-order valence-corrected chi connectivity index (χ4v) is 5.92. The molecule has 13 heteroatoms. The zero-order chi connectivity index (χ0) is 23.4. The predicted octanol–water partition coefficient (Wildman–Crippen LogP) is 0.0236. The average Bonchev–Trinajstić information content (AvgIpc) is 3.28. The van der Waals surface area contributed by atoms with Gasteiger partial charge in [0.15, 0.2) is 0 Å². The summed E-state index contributed by atoms with van der Waals surface area (Å²) in [6, 6.07) is 4.90. The number of nitrogens with zero attached hydrogens (tertiary/aromatic N) is 4. The molecular weight excluding hydrogens is 468 g/mol. The van der Waals surface area contributed by atoms with Crippen LogP contribution in [0.4, 0.5) is 10.8 Å². The van der Waals surface area contributed by atoms with Crippen LogP contribution in [0.25, 0.3) is 0 Å². The number of primary amides is 1. The number of amides is 2. The number of pyridine rings is 1. The zero-order valence-corrected chi connectivity index (χ0v) is 19.6. The Morgan fingerprint density at radius 3 is 2.45 bits per heavy atom. The van der Waals surface area contributed by atoms with Crippen LogP contribution in [0.15, 0.2) is 34.7 Å². The summed E-state index contributed by atoms with van der Waals surface area (Å²) in [4.78, 5) is 32.4. The molecular formula is C20H26N6O5S2. The van der Waals surface area contributed by atoms with E-state index in [9.17, 15) is 18.0 Å². The third-order valence-electron chi connectivity index (χ3n) is 5.58.